The van der Waals surface area contributed by atoms with Crippen LogP contribution in [0.2, 0.25) is 0 Å². The van der Waals surface area contributed by atoms with Crippen molar-refractivity contribution in [2.24, 2.45) is 5.92 Å². The van der Waals surface area contributed by atoms with Gasteiger partial charge in [0.25, 0.3) is 0 Å². The number of benzene rings is 1. The molecule has 0 saturated heterocycles. The first-order valence-electron chi connectivity index (χ1n) is 13.9. The van der Waals surface area contributed by atoms with Crippen LogP contribution >= 0.6 is 0 Å². The first kappa shape index (κ1) is 26.9. The molecule has 36 heavy (non-hydrogen) atoms. The molecule has 1 aromatic carbocycles. The van der Waals surface area contributed by atoms with Crippen molar-refractivity contribution >= 4 is 11.8 Å². The lowest BCUT2D eigenvalue weighted by molar-refractivity contribution is -0.138. The Labute approximate surface area is 215 Å². The van der Waals surface area contributed by atoms with Crippen molar-refractivity contribution in [2.75, 3.05) is 33.2 Å². The molecule has 8 heteroatoms. The first-order chi connectivity index (χ1) is 17.4. The summed E-state index contributed by atoms with van der Waals surface area (Å²) in [7, 11) is 1.77. The van der Waals surface area contributed by atoms with Gasteiger partial charge in [0.15, 0.2) is 0 Å². The van der Waals surface area contributed by atoms with Crippen molar-refractivity contribution in [3.8, 4) is 5.75 Å². The maximum atomic E-state index is 13.8. The Morgan fingerprint density at radius 2 is 1.78 bits per heavy atom. The van der Waals surface area contributed by atoms with Crippen LogP contribution in [0.25, 0.3) is 0 Å². The second kappa shape index (κ2) is 12.9. The number of hydrogen-bond donors (Lipinski definition) is 4. The number of rotatable bonds is 2. The number of aryl methyl sites for hydroxylation is 2. The Bertz CT molecular complexity index is 886. The van der Waals surface area contributed by atoms with Gasteiger partial charge in [0, 0.05) is 26.7 Å². The largest absolute Gasteiger partial charge is 0.489 e. The molecule has 2 heterocycles. The molecule has 1 saturated carbocycles. The monoisotopic (exact) mass is 500 g/mol. The van der Waals surface area contributed by atoms with Gasteiger partial charge in [0.1, 0.15) is 11.9 Å². The second-order valence-electron chi connectivity index (χ2n) is 10.8. The number of aliphatic hydroxyl groups excluding tert-OH is 1. The normalized spacial score (nSPS) is 28.4. The summed E-state index contributed by atoms with van der Waals surface area (Å²) >= 11 is 0. The number of para-hydroxylation sites is 1. The number of nitrogens with zero attached hydrogens (tertiary/aromatic N) is 1. The van der Waals surface area contributed by atoms with Gasteiger partial charge >= 0.3 is 0 Å². The first-order valence-corrected chi connectivity index (χ1v) is 13.9. The average molecular weight is 501 g/mol. The number of carbonyl (C=O) groups excluding carboxylic acids is 2. The molecule has 4 rings (SSSR count). The van der Waals surface area contributed by atoms with E-state index < -0.39 is 12.1 Å². The van der Waals surface area contributed by atoms with E-state index in [0.717, 1.165) is 57.1 Å². The minimum Gasteiger partial charge on any atom is -0.489 e. The third kappa shape index (κ3) is 6.78. The molecule has 1 fully saturated rings. The number of aliphatic hydroxyl groups is 1. The molecule has 1 aliphatic carbocycles. The van der Waals surface area contributed by atoms with Gasteiger partial charge < -0.3 is 30.7 Å². The highest BCUT2D eigenvalue weighted by molar-refractivity contribution is 5.82. The molecule has 3 aliphatic rings. The number of amides is 2. The number of ether oxygens (including phenoxy) is 1. The number of fused-ring (bicyclic) bond motifs is 1. The van der Waals surface area contributed by atoms with Gasteiger partial charge in [0.05, 0.1) is 24.7 Å². The van der Waals surface area contributed by atoms with E-state index in [1.165, 1.54) is 17.5 Å². The summed E-state index contributed by atoms with van der Waals surface area (Å²) in [4.78, 5) is 27.9. The lowest BCUT2D eigenvalue weighted by atomic mass is 9.83. The van der Waals surface area contributed by atoms with E-state index in [-0.39, 0.29) is 36.4 Å². The molecule has 0 spiro atoms. The van der Waals surface area contributed by atoms with E-state index in [4.69, 9.17) is 4.74 Å². The van der Waals surface area contributed by atoms with Gasteiger partial charge in [0.2, 0.25) is 11.8 Å². The van der Waals surface area contributed by atoms with E-state index in [9.17, 15) is 14.7 Å². The van der Waals surface area contributed by atoms with E-state index >= 15 is 0 Å². The quantitative estimate of drug-likeness (QED) is 0.494. The minimum atomic E-state index is -0.719. The highest BCUT2D eigenvalue weighted by Crippen LogP contribution is 2.33. The second-order valence-corrected chi connectivity index (χ2v) is 10.8. The van der Waals surface area contributed by atoms with Crippen LogP contribution in [0, 0.1) is 5.92 Å². The Morgan fingerprint density at radius 3 is 2.53 bits per heavy atom. The molecule has 0 radical (unpaired) electrons. The van der Waals surface area contributed by atoms with Crippen LogP contribution in [0.4, 0.5) is 0 Å². The molecule has 1 aromatic rings. The van der Waals surface area contributed by atoms with Crippen LogP contribution < -0.4 is 20.7 Å². The van der Waals surface area contributed by atoms with Gasteiger partial charge in [-0.25, -0.2) is 0 Å². The van der Waals surface area contributed by atoms with Crippen molar-refractivity contribution in [1.29, 1.82) is 0 Å². The van der Waals surface area contributed by atoms with Gasteiger partial charge in [-0.1, -0.05) is 37.5 Å². The Hall–Kier alpha value is -2.16. The third-order valence-electron chi connectivity index (χ3n) is 8.14. The van der Waals surface area contributed by atoms with Crippen molar-refractivity contribution < 1.29 is 19.4 Å². The number of nitrogens with one attached hydrogen (secondary N) is 3. The molecule has 2 amide bonds. The van der Waals surface area contributed by atoms with E-state index in [1.54, 1.807) is 18.9 Å². The fraction of sp³-hybridized carbons (Fsp3) is 0.714. The molecule has 4 atom stereocenters. The van der Waals surface area contributed by atoms with Crippen molar-refractivity contribution in [3.63, 3.8) is 0 Å². The third-order valence-corrected chi connectivity index (χ3v) is 8.14. The standard InChI is InChI=1S/C28H44N4O4/c1-19(33)24-17-29-18-25(34)30-15-7-12-21-10-6-11-22-13-14-23(36-27(21)22)16-31-26(28(35)32(24)2)20-8-4-3-5-9-20/h6,10-11,19-20,23-24,26,29,31,33H,3-5,7-9,12-18H2,1-2H3,(H,30,34). The number of carbonyl (C=O) groups is 2. The van der Waals surface area contributed by atoms with Gasteiger partial charge in [-0.3, -0.25) is 9.59 Å². The van der Waals surface area contributed by atoms with Crippen molar-refractivity contribution in [3.05, 3.63) is 29.3 Å². The van der Waals surface area contributed by atoms with Crippen molar-refractivity contribution in [2.45, 2.75) is 89.0 Å². The predicted octanol–water partition coefficient (Wildman–Crippen LogP) is 1.78. The fourth-order valence-electron chi connectivity index (χ4n) is 5.97. The Balaban J connectivity index is 1.56. The fourth-order valence-corrected chi connectivity index (χ4v) is 5.97. The zero-order valence-electron chi connectivity index (χ0n) is 21.9. The molecular formula is C28H44N4O4. The van der Waals surface area contributed by atoms with Gasteiger partial charge in [-0.15, -0.1) is 0 Å². The van der Waals surface area contributed by atoms with Crippen LogP contribution in [0.3, 0.4) is 0 Å². The molecule has 4 unspecified atom stereocenters. The predicted molar refractivity (Wildman–Crippen MR) is 140 cm³/mol. The highest BCUT2D eigenvalue weighted by Gasteiger charge is 2.35. The molecular weight excluding hydrogens is 456 g/mol. The summed E-state index contributed by atoms with van der Waals surface area (Å²) in [6.45, 7) is 3.43. The van der Waals surface area contributed by atoms with Gasteiger partial charge in [-0.2, -0.15) is 0 Å². The molecule has 2 bridgehead atoms. The summed E-state index contributed by atoms with van der Waals surface area (Å²) < 4.78 is 6.51. The SMILES string of the molecule is CC(O)C1CNCC(=O)NCCCc2cccc3c2OC(CC3)CNC(C2CCCCC2)C(=O)N1C. The summed E-state index contributed by atoms with van der Waals surface area (Å²) in [6, 6.07) is 5.63. The Morgan fingerprint density at radius 1 is 1.03 bits per heavy atom. The molecule has 0 aromatic heterocycles. The van der Waals surface area contributed by atoms with E-state index in [1.807, 2.05) is 0 Å². The van der Waals surface area contributed by atoms with Crippen molar-refractivity contribution in [1.82, 2.24) is 20.9 Å². The molecule has 200 valence electrons. The zero-order valence-corrected chi connectivity index (χ0v) is 21.9. The summed E-state index contributed by atoms with van der Waals surface area (Å²) in [5.41, 5.74) is 2.43. The topological polar surface area (TPSA) is 103 Å². The molecule has 4 N–H and O–H groups in total. The summed E-state index contributed by atoms with van der Waals surface area (Å²) in [5.74, 6) is 1.19. The van der Waals surface area contributed by atoms with Gasteiger partial charge in [-0.05, 0) is 62.5 Å². The van der Waals surface area contributed by atoms with Crippen LogP contribution in [-0.2, 0) is 22.4 Å². The molecule has 8 nitrogen and oxygen atoms in total. The summed E-state index contributed by atoms with van der Waals surface area (Å²) in [5, 5.41) is 20.2. The number of hydrogen-bond acceptors (Lipinski definition) is 6. The smallest absolute Gasteiger partial charge is 0.240 e. The maximum Gasteiger partial charge on any atom is 0.240 e. The maximum absolute atomic E-state index is 13.8. The van der Waals surface area contributed by atoms with E-state index in [0.29, 0.717) is 19.6 Å². The molecule has 2 aliphatic heterocycles. The van der Waals surface area contributed by atoms with Crippen LogP contribution in [-0.4, -0.2) is 79.3 Å². The summed E-state index contributed by atoms with van der Waals surface area (Å²) in [6.07, 6.45) is 8.44. The van der Waals surface area contributed by atoms with Crippen LogP contribution in [0.5, 0.6) is 5.75 Å². The highest BCUT2D eigenvalue weighted by atomic mass is 16.5. The number of likely N-dealkylation sites (N-methyl/N-ethyl adjacent to an activating group) is 1. The average Bonchev–Trinajstić information content (AvgIpc) is 2.88. The van der Waals surface area contributed by atoms with Crippen LogP contribution in [0.15, 0.2) is 18.2 Å². The Kier molecular flexibility index (Phi) is 9.62. The zero-order chi connectivity index (χ0) is 25.5. The van der Waals surface area contributed by atoms with Crippen LogP contribution in [0.1, 0.15) is 63.0 Å². The van der Waals surface area contributed by atoms with E-state index in [2.05, 4.69) is 34.1 Å². The minimum absolute atomic E-state index is 0.00987. The lowest BCUT2D eigenvalue weighted by Gasteiger charge is -2.38. The lowest BCUT2D eigenvalue weighted by Crippen LogP contribution is -2.58.